The van der Waals surface area contributed by atoms with Gasteiger partial charge in [0.05, 0.1) is 0 Å². The summed E-state index contributed by atoms with van der Waals surface area (Å²) in [5.41, 5.74) is 0. The maximum absolute atomic E-state index is 3.51. The Labute approximate surface area is 102 Å². The summed E-state index contributed by atoms with van der Waals surface area (Å²) in [5, 5.41) is 3.51. The van der Waals surface area contributed by atoms with Crippen LogP contribution in [0.25, 0.3) is 0 Å². The van der Waals surface area contributed by atoms with Gasteiger partial charge >= 0.3 is 0 Å². The molecule has 0 saturated carbocycles. The highest BCUT2D eigenvalue weighted by atomic mass is 15.2. The summed E-state index contributed by atoms with van der Waals surface area (Å²) in [6.45, 7) is 14.0. The van der Waals surface area contributed by atoms with Crippen molar-refractivity contribution in [2.45, 2.75) is 72.0 Å². The zero-order valence-corrected chi connectivity index (χ0v) is 11.8. The molecule has 1 aliphatic rings. The summed E-state index contributed by atoms with van der Waals surface area (Å²) in [4.78, 5) is 2.70. The predicted molar refractivity (Wildman–Crippen MR) is 71.8 cm³/mol. The van der Waals surface area contributed by atoms with E-state index in [9.17, 15) is 0 Å². The summed E-state index contributed by atoms with van der Waals surface area (Å²) >= 11 is 0. The van der Waals surface area contributed by atoms with Gasteiger partial charge in [0.25, 0.3) is 0 Å². The van der Waals surface area contributed by atoms with Crippen molar-refractivity contribution in [3.63, 3.8) is 0 Å². The highest BCUT2D eigenvalue weighted by molar-refractivity contribution is 4.82. The molecule has 2 heteroatoms. The Morgan fingerprint density at radius 3 is 2.56 bits per heavy atom. The zero-order valence-electron chi connectivity index (χ0n) is 11.8. The fourth-order valence-electron chi connectivity index (χ4n) is 3.16. The van der Waals surface area contributed by atoms with Gasteiger partial charge < -0.3 is 5.32 Å². The second-order valence-corrected chi connectivity index (χ2v) is 5.76. The van der Waals surface area contributed by atoms with Gasteiger partial charge in [-0.25, -0.2) is 0 Å². The van der Waals surface area contributed by atoms with Crippen molar-refractivity contribution in [1.29, 1.82) is 0 Å². The maximum Gasteiger partial charge on any atom is 0.00844 e. The average Bonchev–Trinajstić information content (AvgIpc) is 2.17. The lowest BCUT2D eigenvalue weighted by Gasteiger charge is -2.41. The SMILES string of the molecule is CCNC(C)CC(C)N1CCC(C)CC1C. The summed E-state index contributed by atoms with van der Waals surface area (Å²) < 4.78 is 0. The van der Waals surface area contributed by atoms with Gasteiger partial charge in [0.15, 0.2) is 0 Å². The molecule has 0 bridgehead atoms. The number of likely N-dealkylation sites (tertiary alicyclic amines) is 1. The quantitative estimate of drug-likeness (QED) is 0.775. The van der Waals surface area contributed by atoms with Crippen molar-refractivity contribution in [2.24, 2.45) is 5.92 Å². The van der Waals surface area contributed by atoms with Crippen LogP contribution in [0.5, 0.6) is 0 Å². The molecule has 0 spiro atoms. The van der Waals surface area contributed by atoms with Gasteiger partial charge in [0.2, 0.25) is 0 Å². The molecule has 0 aromatic carbocycles. The largest absolute Gasteiger partial charge is 0.314 e. The molecule has 0 amide bonds. The van der Waals surface area contributed by atoms with Crippen molar-refractivity contribution in [3.8, 4) is 0 Å². The highest BCUT2D eigenvalue weighted by Gasteiger charge is 2.26. The molecular weight excluding hydrogens is 196 g/mol. The first-order chi connectivity index (χ1) is 7.54. The van der Waals surface area contributed by atoms with Crippen molar-refractivity contribution in [1.82, 2.24) is 10.2 Å². The second kappa shape index (κ2) is 6.61. The number of nitrogens with zero attached hydrogens (tertiary/aromatic N) is 1. The molecule has 0 aromatic rings. The minimum absolute atomic E-state index is 0.645. The van der Waals surface area contributed by atoms with Crippen molar-refractivity contribution in [3.05, 3.63) is 0 Å². The second-order valence-electron chi connectivity index (χ2n) is 5.76. The van der Waals surface area contributed by atoms with Crippen LogP contribution in [0.4, 0.5) is 0 Å². The van der Waals surface area contributed by atoms with Gasteiger partial charge in [-0.2, -0.15) is 0 Å². The molecule has 1 fully saturated rings. The molecule has 2 nitrogen and oxygen atoms in total. The van der Waals surface area contributed by atoms with Crippen molar-refractivity contribution < 1.29 is 0 Å². The van der Waals surface area contributed by atoms with Crippen LogP contribution in [0.15, 0.2) is 0 Å². The first kappa shape index (κ1) is 14.0. The van der Waals surface area contributed by atoms with Gasteiger partial charge in [-0.1, -0.05) is 13.8 Å². The van der Waals surface area contributed by atoms with Gasteiger partial charge in [0.1, 0.15) is 0 Å². The molecule has 96 valence electrons. The molecule has 1 N–H and O–H groups in total. The molecule has 4 unspecified atom stereocenters. The van der Waals surface area contributed by atoms with Crippen molar-refractivity contribution >= 4 is 0 Å². The summed E-state index contributed by atoms with van der Waals surface area (Å²) in [7, 11) is 0. The maximum atomic E-state index is 3.51. The van der Waals surface area contributed by atoms with E-state index in [4.69, 9.17) is 0 Å². The Morgan fingerprint density at radius 2 is 2.00 bits per heavy atom. The number of rotatable bonds is 5. The van der Waals surface area contributed by atoms with E-state index in [1.165, 1.54) is 25.8 Å². The number of hydrogen-bond donors (Lipinski definition) is 1. The monoisotopic (exact) mass is 226 g/mol. The molecule has 1 aliphatic heterocycles. The molecule has 16 heavy (non-hydrogen) atoms. The normalized spacial score (nSPS) is 31.3. The molecule has 4 atom stereocenters. The highest BCUT2D eigenvalue weighted by Crippen LogP contribution is 2.25. The number of nitrogens with one attached hydrogen (secondary N) is 1. The molecule has 0 radical (unpaired) electrons. The van der Waals surface area contributed by atoms with Crippen LogP contribution in [0.1, 0.15) is 53.9 Å². The van der Waals surface area contributed by atoms with Crippen LogP contribution >= 0.6 is 0 Å². The topological polar surface area (TPSA) is 15.3 Å². The van der Waals surface area contributed by atoms with Crippen LogP contribution in [0.3, 0.4) is 0 Å². The summed E-state index contributed by atoms with van der Waals surface area (Å²) in [6, 6.07) is 2.13. The van der Waals surface area contributed by atoms with Gasteiger partial charge in [-0.3, -0.25) is 4.90 Å². The fourth-order valence-corrected chi connectivity index (χ4v) is 3.16. The summed E-state index contributed by atoms with van der Waals surface area (Å²) in [6.07, 6.45) is 4.02. The first-order valence-electron chi connectivity index (χ1n) is 7.03. The minimum Gasteiger partial charge on any atom is -0.314 e. The van der Waals surface area contributed by atoms with Crippen molar-refractivity contribution in [2.75, 3.05) is 13.1 Å². The average molecular weight is 226 g/mol. The Balaban J connectivity index is 2.38. The molecule has 0 aromatic heterocycles. The Bertz CT molecular complexity index is 193. The Hall–Kier alpha value is -0.0800. The Kier molecular flexibility index (Phi) is 5.77. The van der Waals surface area contributed by atoms with Crippen LogP contribution in [0.2, 0.25) is 0 Å². The molecule has 1 rings (SSSR count). The molecule has 1 heterocycles. The van der Waals surface area contributed by atoms with E-state index >= 15 is 0 Å². The van der Waals surface area contributed by atoms with E-state index in [1.807, 2.05) is 0 Å². The van der Waals surface area contributed by atoms with Crippen LogP contribution in [-0.2, 0) is 0 Å². The lowest BCUT2D eigenvalue weighted by molar-refractivity contribution is 0.0811. The first-order valence-corrected chi connectivity index (χ1v) is 7.03. The third kappa shape index (κ3) is 4.06. The third-order valence-electron chi connectivity index (χ3n) is 4.00. The Morgan fingerprint density at radius 1 is 1.31 bits per heavy atom. The van der Waals surface area contributed by atoms with E-state index in [0.29, 0.717) is 6.04 Å². The third-order valence-corrected chi connectivity index (χ3v) is 4.00. The number of hydrogen-bond acceptors (Lipinski definition) is 2. The van der Waals surface area contributed by atoms with Gasteiger partial charge in [-0.15, -0.1) is 0 Å². The lowest BCUT2D eigenvalue weighted by atomic mass is 9.91. The molecular formula is C14H30N2. The summed E-state index contributed by atoms with van der Waals surface area (Å²) in [5.74, 6) is 0.921. The zero-order chi connectivity index (χ0) is 12.1. The van der Waals surface area contributed by atoms with Crippen LogP contribution in [-0.4, -0.2) is 36.1 Å². The van der Waals surface area contributed by atoms with Gasteiger partial charge in [-0.05, 0) is 59.0 Å². The molecule has 1 saturated heterocycles. The fraction of sp³-hybridized carbons (Fsp3) is 1.00. The van der Waals surface area contributed by atoms with E-state index in [0.717, 1.165) is 24.5 Å². The van der Waals surface area contributed by atoms with E-state index in [2.05, 4.69) is 44.8 Å². The van der Waals surface area contributed by atoms with Crippen LogP contribution < -0.4 is 5.32 Å². The predicted octanol–water partition coefficient (Wildman–Crippen LogP) is 2.88. The van der Waals surface area contributed by atoms with E-state index in [1.54, 1.807) is 0 Å². The minimum atomic E-state index is 0.645. The molecule has 0 aliphatic carbocycles. The van der Waals surface area contributed by atoms with Gasteiger partial charge in [0, 0.05) is 18.1 Å². The lowest BCUT2D eigenvalue weighted by Crippen LogP contribution is -2.47. The standard InChI is InChI=1S/C14H30N2/c1-6-15-12(3)10-14(5)16-8-7-11(2)9-13(16)4/h11-15H,6-10H2,1-5H3. The van der Waals surface area contributed by atoms with Crippen LogP contribution in [0, 0.1) is 5.92 Å². The number of piperidine rings is 1. The smallest absolute Gasteiger partial charge is 0.00844 e. The van der Waals surface area contributed by atoms with E-state index < -0.39 is 0 Å². The van der Waals surface area contributed by atoms with E-state index in [-0.39, 0.29) is 0 Å².